The molecule has 0 unspecified atom stereocenters. The molecular weight excluding hydrogens is 368 g/mol. The second-order valence-corrected chi connectivity index (χ2v) is 10.00. The number of nitrogens with zero attached hydrogens (tertiary/aromatic N) is 1. The summed E-state index contributed by atoms with van der Waals surface area (Å²) < 4.78 is 57.9. The average molecular weight is 390 g/mol. The summed E-state index contributed by atoms with van der Waals surface area (Å²) in [5.41, 5.74) is -1.09. The van der Waals surface area contributed by atoms with Crippen LogP contribution in [0.2, 0.25) is 0 Å². The molecule has 1 amide bonds. The number of benzene rings is 1. The van der Waals surface area contributed by atoms with Gasteiger partial charge in [0.1, 0.15) is 10.6 Å². The van der Waals surface area contributed by atoms with Crippen LogP contribution in [-0.2, 0) is 24.8 Å². The lowest BCUT2D eigenvalue weighted by Crippen LogP contribution is -2.33. The van der Waals surface area contributed by atoms with Crippen molar-refractivity contribution in [1.82, 2.24) is 4.72 Å². The molecule has 0 bridgehead atoms. The van der Waals surface area contributed by atoms with E-state index in [9.17, 15) is 21.6 Å². The molecular formula is C15H22N2O6S2. The summed E-state index contributed by atoms with van der Waals surface area (Å²) in [6.07, 6.45) is 0.592. The topological polar surface area (TPSA) is 110 Å². The van der Waals surface area contributed by atoms with Gasteiger partial charge >= 0.3 is 0 Å². The Morgan fingerprint density at radius 3 is 2.44 bits per heavy atom. The monoisotopic (exact) mass is 390 g/mol. The third-order valence-corrected chi connectivity index (χ3v) is 7.30. The number of ether oxygens (including phenoxy) is 1. The van der Waals surface area contributed by atoms with Gasteiger partial charge in [-0.15, -0.1) is 0 Å². The molecule has 140 valence electrons. The van der Waals surface area contributed by atoms with E-state index in [0.29, 0.717) is 10.7 Å². The van der Waals surface area contributed by atoms with Crippen LogP contribution in [0.1, 0.15) is 27.2 Å². The van der Waals surface area contributed by atoms with Crippen molar-refractivity contribution in [2.45, 2.75) is 32.1 Å². The average Bonchev–Trinajstić information content (AvgIpc) is 2.68. The van der Waals surface area contributed by atoms with Crippen LogP contribution in [0.25, 0.3) is 0 Å². The molecule has 1 heterocycles. The van der Waals surface area contributed by atoms with Crippen molar-refractivity contribution in [1.29, 1.82) is 0 Å². The number of carbonyl (C=O) groups excluding carboxylic acids is 1. The summed E-state index contributed by atoms with van der Waals surface area (Å²) in [6.45, 7) is 5.12. The lowest BCUT2D eigenvalue weighted by Gasteiger charge is -2.19. The zero-order valence-corrected chi connectivity index (χ0v) is 16.2. The van der Waals surface area contributed by atoms with E-state index in [1.807, 2.05) is 6.92 Å². The molecule has 0 aliphatic carbocycles. The summed E-state index contributed by atoms with van der Waals surface area (Å²) in [5.74, 6) is -0.862. The highest BCUT2D eigenvalue weighted by Crippen LogP contribution is 2.38. The first-order chi connectivity index (χ1) is 11.5. The van der Waals surface area contributed by atoms with Crippen molar-refractivity contribution in [3.8, 4) is 5.75 Å². The third kappa shape index (κ3) is 3.65. The van der Waals surface area contributed by atoms with Crippen LogP contribution in [0, 0.1) is 5.41 Å². The summed E-state index contributed by atoms with van der Waals surface area (Å²) in [5, 5.41) is 0. The van der Waals surface area contributed by atoms with Gasteiger partial charge in [0.15, 0.2) is 0 Å². The Balaban J connectivity index is 2.59. The molecule has 2 rings (SSSR count). The van der Waals surface area contributed by atoms with Crippen LogP contribution < -0.4 is 13.8 Å². The number of nitrogens with one attached hydrogen (secondary N) is 1. The molecule has 8 nitrogen and oxygen atoms in total. The fourth-order valence-electron chi connectivity index (χ4n) is 2.58. The Kier molecular flexibility index (Phi) is 5.18. The summed E-state index contributed by atoms with van der Waals surface area (Å²) in [6, 6.07) is 3.84. The maximum Gasteiger partial charge on any atom is 0.247 e. The molecule has 1 aliphatic rings. The highest BCUT2D eigenvalue weighted by molar-refractivity contribution is 7.94. The van der Waals surface area contributed by atoms with Gasteiger partial charge in [0.05, 0.1) is 24.0 Å². The maximum atomic E-state index is 12.5. The molecule has 25 heavy (non-hydrogen) atoms. The van der Waals surface area contributed by atoms with Crippen molar-refractivity contribution in [2.75, 3.05) is 23.7 Å². The minimum absolute atomic E-state index is 0.0201. The van der Waals surface area contributed by atoms with Crippen molar-refractivity contribution >= 4 is 31.6 Å². The molecule has 1 aromatic rings. The SMILES string of the molecule is CCCNS(=O)(=O)c1cc(N2C(=O)C(C)(C)CS2(=O)=O)ccc1OC. The van der Waals surface area contributed by atoms with E-state index in [-0.39, 0.29) is 28.6 Å². The molecule has 0 saturated carbocycles. The Bertz CT molecular complexity index is 891. The molecule has 0 atom stereocenters. The minimum atomic E-state index is -3.91. The molecule has 1 N–H and O–H groups in total. The van der Waals surface area contributed by atoms with Gasteiger partial charge in [0.2, 0.25) is 26.0 Å². The minimum Gasteiger partial charge on any atom is -0.495 e. The van der Waals surface area contributed by atoms with E-state index in [0.717, 1.165) is 6.07 Å². The van der Waals surface area contributed by atoms with Crippen LogP contribution in [0.5, 0.6) is 5.75 Å². The number of methoxy groups -OCH3 is 1. The second-order valence-electron chi connectivity index (χ2n) is 6.44. The van der Waals surface area contributed by atoms with E-state index in [4.69, 9.17) is 4.74 Å². The van der Waals surface area contributed by atoms with Crippen LogP contribution in [0.15, 0.2) is 23.1 Å². The van der Waals surface area contributed by atoms with Gasteiger partial charge in [-0.05, 0) is 38.5 Å². The third-order valence-electron chi connectivity index (χ3n) is 3.80. The predicted molar refractivity (Wildman–Crippen MR) is 93.5 cm³/mol. The summed E-state index contributed by atoms with van der Waals surface area (Å²) >= 11 is 0. The van der Waals surface area contributed by atoms with Crippen LogP contribution in [0.3, 0.4) is 0 Å². The summed E-state index contributed by atoms with van der Waals surface area (Å²) in [4.78, 5) is 12.3. The highest BCUT2D eigenvalue weighted by Gasteiger charge is 2.50. The molecule has 10 heteroatoms. The van der Waals surface area contributed by atoms with E-state index in [1.54, 1.807) is 0 Å². The fraction of sp³-hybridized carbons (Fsp3) is 0.533. The lowest BCUT2D eigenvalue weighted by atomic mass is 9.95. The molecule has 0 radical (unpaired) electrons. The quantitative estimate of drug-likeness (QED) is 0.778. The van der Waals surface area contributed by atoms with Crippen molar-refractivity contribution in [3.05, 3.63) is 18.2 Å². The van der Waals surface area contributed by atoms with Gasteiger partial charge < -0.3 is 4.74 Å². The highest BCUT2D eigenvalue weighted by atomic mass is 32.2. The van der Waals surface area contributed by atoms with Crippen LogP contribution in [-0.4, -0.2) is 42.2 Å². The first kappa shape index (κ1) is 19.7. The smallest absolute Gasteiger partial charge is 0.247 e. The molecule has 1 saturated heterocycles. The molecule has 1 aliphatic heterocycles. The lowest BCUT2D eigenvalue weighted by molar-refractivity contribution is -0.123. The van der Waals surface area contributed by atoms with E-state index in [1.165, 1.54) is 33.1 Å². The van der Waals surface area contributed by atoms with Gasteiger partial charge in [0.25, 0.3) is 0 Å². The second kappa shape index (κ2) is 6.58. The normalized spacial score (nSPS) is 19.2. The Morgan fingerprint density at radius 1 is 1.32 bits per heavy atom. The van der Waals surface area contributed by atoms with Gasteiger partial charge in [-0.3, -0.25) is 4.79 Å². The number of hydrogen-bond donors (Lipinski definition) is 1. The fourth-order valence-corrected chi connectivity index (χ4v) is 6.00. The summed E-state index contributed by atoms with van der Waals surface area (Å²) in [7, 11) is -6.46. The Labute approximate surface area is 148 Å². The van der Waals surface area contributed by atoms with E-state index < -0.39 is 31.4 Å². The van der Waals surface area contributed by atoms with E-state index in [2.05, 4.69) is 4.72 Å². The number of sulfonamides is 2. The molecule has 0 spiro atoms. The largest absolute Gasteiger partial charge is 0.495 e. The number of hydrogen-bond acceptors (Lipinski definition) is 6. The first-order valence-corrected chi connectivity index (χ1v) is 10.8. The first-order valence-electron chi connectivity index (χ1n) is 7.71. The number of rotatable bonds is 6. The standard InChI is InChI=1S/C15H22N2O6S2/c1-5-8-16-25(21,22)13-9-11(6-7-12(13)23-4)17-14(18)15(2,3)10-24(17,19)20/h6-7,9,16H,5,8,10H2,1-4H3. The Morgan fingerprint density at radius 2 is 1.96 bits per heavy atom. The van der Waals surface area contributed by atoms with Crippen LogP contribution >= 0.6 is 0 Å². The van der Waals surface area contributed by atoms with Crippen LogP contribution in [0.4, 0.5) is 5.69 Å². The van der Waals surface area contributed by atoms with Crippen molar-refractivity contribution in [2.24, 2.45) is 5.41 Å². The van der Waals surface area contributed by atoms with Gasteiger partial charge in [-0.1, -0.05) is 6.92 Å². The zero-order chi connectivity index (χ0) is 19.0. The number of amides is 1. The predicted octanol–water partition coefficient (Wildman–Crippen LogP) is 1.09. The molecule has 0 aromatic heterocycles. The van der Waals surface area contributed by atoms with Gasteiger partial charge in [-0.2, -0.15) is 0 Å². The number of anilines is 1. The number of carbonyl (C=O) groups is 1. The van der Waals surface area contributed by atoms with Crippen molar-refractivity contribution < 1.29 is 26.4 Å². The van der Waals surface area contributed by atoms with Gasteiger partial charge in [-0.25, -0.2) is 25.9 Å². The van der Waals surface area contributed by atoms with E-state index >= 15 is 0 Å². The molecule has 1 aromatic carbocycles. The molecule has 1 fully saturated rings. The van der Waals surface area contributed by atoms with Crippen molar-refractivity contribution in [3.63, 3.8) is 0 Å². The zero-order valence-electron chi connectivity index (χ0n) is 14.6. The maximum absolute atomic E-state index is 12.5. The Hall–Kier alpha value is -1.65. The van der Waals surface area contributed by atoms with Gasteiger partial charge in [0, 0.05) is 6.54 Å².